The van der Waals surface area contributed by atoms with Crippen LogP contribution in [0.15, 0.2) is 30.3 Å². The fourth-order valence-electron chi connectivity index (χ4n) is 2.39. The molecule has 30 heavy (non-hydrogen) atoms. The summed E-state index contributed by atoms with van der Waals surface area (Å²) in [6, 6.07) is 8.63. The van der Waals surface area contributed by atoms with Gasteiger partial charge in [-0.15, -0.1) is 0 Å². The van der Waals surface area contributed by atoms with Gasteiger partial charge in [0.25, 0.3) is 0 Å². The van der Waals surface area contributed by atoms with Gasteiger partial charge in [0.05, 0.1) is 46.2 Å². The fraction of sp³-hybridized carbons (Fsp3) is 0.619. The Bertz CT molecular complexity index is 584. The molecule has 0 bridgehead atoms. The number of aliphatic hydroxyl groups excluding tert-OH is 1. The Kier molecular flexibility index (Phi) is 14.3. The summed E-state index contributed by atoms with van der Waals surface area (Å²) in [5.41, 5.74) is 0.872. The maximum Gasteiger partial charge on any atom is 0.408 e. The standard InChI is InChI=1S/C21H34N2O7/c1-17(2)19(23-21(26)30-16-18-6-4-3-5-7-18)20(25)22-8-10-27-12-14-29-15-13-28-11-9-24/h3-7,17,19,24H,8-16H2,1-2H3,(H,22,25)(H,23,26)/t19-/m0/s1. The molecule has 1 rings (SSSR count). The van der Waals surface area contributed by atoms with Gasteiger partial charge in [0.15, 0.2) is 0 Å². The average Bonchev–Trinajstić information content (AvgIpc) is 2.74. The Labute approximate surface area is 178 Å². The molecule has 1 aromatic rings. The molecule has 1 aromatic carbocycles. The summed E-state index contributed by atoms with van der Waals surface area (Å²) >= 11 is 0. The third kappa shape index (κ3) is 12.4. The van der Waals surface area contributed by atoms with Crippen LogP contribution >= 0.6 is 0 Å². The van der Waals surface area contributed by atoms with Gasteiger partial charge in [-0.2, -0.15) is 0 Å². The number of alkyl carbamates (subject to hydrolysis) is 1. The highest BCUT2D eigenvalue weighted by molar-refractivity contribution is 5.85. The number of amides is 2. The molecule has 0 radical (unpaired) electrons. The first kappa shape index (κ1) is 25.8. The lowest BCUT2D eigenvalue weighted by Gasteiger charge is -2.21. The van der Waals surface area contributed by atoms with Crippen molar-refractivity contribution in [1.82, 2.24) is 10.6 Å². The topological polar surface area (TPSA) is 115 Å². The molecule has 0 spiro atoms. The molecule has 1 atom stereocenters. The normalized spacial score (nSPS) is 11.9. The number of nitrogens with one attached hydrogen (secondary N) is 2. The van der Waals surface area contributed by atoms with Crippen LogP contribution < -0.4 is 10.6 Å². The minimum Gasteiger partial charge on any atom is -0.445 e. The molecule has 0 aliphatic carbocycles. The quantitative estimate of drug-likeness (QED) is 0.339. The molecule has 0 heterocycles. The molecule has 0 saturated heterocycles. The van der Waals surface area contributed by atoms with Crippen LogP contribution in [-0.4, -0.2) is 75.9 Å². The van der Waals surface area contributed by atoms with Crippen molar-refractivity contribution >= 4 is 12.0 Å². The van der Waals surface area contributed by atoms with E-state index in [-0.39, 0.29) is 25.0 Å². The van der Waals surface area contributed by atoms with E-state index >= 15 is 0 Å². The fourth-order valence-corrected chi connectivity index (χ4v) is 2.39. The average molecular weight is 427 g/mol. The van der Waals surface area contributed by atoms with E-state index < -0.39 is 12.1 Å². The summed E-state index contributed by atoms with van der Waals surface area (Å²) in [6.07, 6.45) is -0.635. The van der Waals surface area contributed by atoms with E-state index in [4.69, 9.17) is 24.1 Å². The molecule has 0 aliphatic heterocycles. The number of carbonyl (C=O) groups excluding carboxylic acids is 2. The zero-order chi connectivity index (χ0) is 22.0. The van der Waals surface area contributed by atoms with E-state index in [9.17, 15) is 9.59 Å². The molecule has 170 valence electrons. The first-order valence-corrected chi connectivity index (χ1v) is 10.1. The number of benzene rings is 1. The van der Waals surface area contributed by atoms with Gasteiger partial charge in [-0.25, -0.2) is 4.79 Å². The van der Waals surface area contributed by atoms with Crippen LogP contribution in [0.3, 0.4) is 0 Å². The van der Waals surface area contributed by atoms with Crippen molar-refractivity contribution < 1.29 is 33.6 Å². The lowest BCUT2D eigenvalue weighted by Crippen LogP contribution is -2.50. The van der Waals surface area contributed by atoms with Crippen LogP contribution in [-0.2, 0) is 30.3 Å². The number of rotatable bonds is 16. The maximum atomic E-state index is 12.4. The van der Waals surface area contributed by atoms with Gasteiger partial charge in [0.1, 0.15) is 12.6 Å². The number of ether oxygens (including phenoxy) is 4. The van der Waals surface area contributed by atoms with Gasteiger partial charge in [0, 0.05) is 6.54 Å². The SMILES string of the molecule is CC(C)[C@H](NC(=O)OCc1ccccc1)C(=O)NCCOCCOCCOCCO. The molecular formula is C21H34N2O7. The molecule has 0 unspecified atom stereocenters. The predicted molar refractivity (Wildman–Crippen MR) is 111 cm³/mol. The van der Waals surface area contributed by atoms with Crippen LogP contribution in [0.1, 0.15) is 19.4 Å². The summed E-state index contributed by atoms with van der Waals surface area (Å²) in [7, 11) is 0. The minimum atomic E-state index is -0.699. The summed E-state index contributed by atoms with van der Waals surface area (Å²) in [4.78, 5) is 24.4. The lowest BCUT2D eigenvalue weighted by molar-refractivity contribution is -0.124. The molecule has 9 heteroatoms. The Morgan fingerprint density at radius 3 is 2.13 bits per heavy atom. The van der Waals surface area contributed by atoms with Gasteiger partial charge < -0.3 is 34.7 Å². The number of aliphatic hydroxyl groups is 1. The molecule has 0 aromatic heterocycles. The van der Waals surface area contributed by atoms with E-state index in [1.807, 2.05) is 44.2 Å². The second kappa shape index (κ2) is 16.6. The van der Waals surface area contributed by atoms with E-state index in [1.54, 1.807) is 0 Å². The lowest BCUT2D eigenvalue weighted by atomic mass is 10.0. The third-order valence-corrected chi connectivity index (χ3v) is 3.96. The Balaban J connectivity index is 2.15. The summed E-state index contributed by atoms with van der Waals surface area (Å²) < 4.78 is 20.9. The van der Waals surface area contributed by atoms with Crippen LogP contribution in [0.25, 0.3) is 0 Å². The highest BCUT2D eigenvalue weighted by Gasteiger charge is 2.24. The van der Waals surface area contributed by atoms with Crippen molar-refractivity contribution in [1.29, 1.82) is 0 Å². The smallest absolute Gasteiger partial charge is 0.408 e. The first-order chi connectivity index (χ1) is 14.5. The van der Waals surface area contributed by atoms with Crippen molar-refractivity contribution in [2.75, 3.05) is 52.8 Å². The van der Waals surface area contributed by atoms with Crippen LogP contribution in [0, 0.1) is 5.92 Å². The second-order valence-corrected chi connectivity index (χ2v) is 6.78. The highest BCUT2D eigenvalue weighted by Crippen LogP contribution is 2.04. The van der Waals surface area contributed by atoms with Crippen molar-refractivity contribution in [3.63, 3.8) is 0 Å². The van der Waals surface area contributed by atoms with Crippen molar-refractivity contribution in [3.8, 4) is 0 Å². The van der Waals surface area contributed by atoms with Gasteiger partial charge >= 0.3 is 6.09 Å². The Morgan fingerprint density at radius 2 is 1.53 bits per heavy atom. The molecule has 9 nitrogen and oxygen atoms in total. The van der Waals surface area contributed by atoms with E-state index in [0.29, 0.717) is 46.2 Å². The van der Waals surface area contributed by atoms with Crippen molar-refractivity contribution in [3.05, 3.63) is 35.9 Å². The minimum absolute atomic E-state index is 0.00309. The molecule has 0 saturated carbocycles. The molecule has 0 fully saturated rings. The highest BCUT2D eigenvalue weighted by atomic mass is 16.6. The van der Waals surface area contributed by atoms with E-state index in [1.165, 1.54) is 0 Å². The van der Waals surface area contributed by atoms with Crippen molar-refractivity contribution in [2.45, 2.75) is 26.5 Å². The molecule has 2 amide bonds. The zero-order valence-corrected chi connectivity index (χ0v) is 17.8. The van der Waals surface area contributed by atoms with Gasteiger partial charge in [-0.05, 0) is 11.5 Å². The summed E-state index contributed by atoms with van der Waals surface area (Å²) in [5.74, 6) is -0.390. The van der Waals surface area contributed by atoms with Gasteiger partial charge in [0.2, 0.25) is 5.91 Å². The summed E-state index contributed by atoms with van der Waals surface area (Å²) in [5, 5.41) is 13.9. The number of hydrogen-bond acceptors (Lipinski definition) is 7. The summed E-state index contributed by atoms with van der Waals surface area (Å²) in [6.45, 7) is 6.46. The van der Waals surface area contributed by atoms with Crippen molar-refractivity contribution in [2.24, 2.45) is 5.92 Å². The number of hydrogen-bond donors (Lipinski definition) is 3. The Hall–Kier alpha value is -2.20. The first-order valence-electron chi connectivity index (χ1n) is 10.1. The molecular weight excluding hydrogens is 392 g/mol. The van der Waals surface area contributed by atoms with E-state index in [2.05, 4.69) is 10.6 Å². The van der Waals surface area contributed by atoms with Gasteiger partial charge in [-0.3, -0.25) is 4.79 Å². The maximum absolute atomic E-state index is 12.4. The second-order valence-electron chi connectivity index (χ2n) is 6.78. The predicted octanol–water partition coefficient (Wildman–Crippen LogP) is 1.10. The van der Waals surface area contributed by atoms with Gasteiger partial charge in [-0.1, -0.05) is 44.2 Å². The third-order valence-electron chi connectivity index (χ3n) is 3.96. The van der Waals surface area contributed by atoms with Crippen LogP contribution in [0.5, 0.6) is 0 Å². The number of carbonyl (C=O) groups is 2. The zero-order valence-electron chi connectivity index (χ0n) is 17.8. The van der Waals surface area contributed by atoms with Crippen LogP contribution in [0.2, 0.25) is 0 Å². The van der Waals surface area contributed by atoms with Crippen LogP contribution in [0.4, 0.5) is 4.79 Å². The Morgan fingerprint density at radius 1 is 0.933 bits per heavy atom. The van der Waals surface area contributed by atoms with E-state index in [0.717, 1.165) is 5.56 Å². The molecule has 0 aliphatic rings. The largest absolute Gasteiger partial charge is 0.445 e. The molecule has 3 N–H and O–H groups in total. The monoisotopic (exact) mass is 426 g/mol.